The quantitative estimate of drug-likeness (QED) is 0.191. The Morgan fingerprint density at radius 3 is 1.18 bits per heavy atom. The molecule has 0 amide bonds. The van der Waals surface area contributed by atoms with Gasteiger partial charge in [-0.1, -0.05) is 127 Å². The van der Waals surface area contributed by atoms with E-state index in [0.717, 1.165) is 0 Å². The zero-order chi connectivity index (χ0) is 29.5. The molecule has 0 spiro atoms. The fourth-order valence-corrected chi connectivity index (χ4v) is 7.84. The van der Waals surface area contributed by atoms with Gasteiger partial charge in [0, 0.05) is 45.0 Å². The Morgan fingerprint density at radius 2 is 0.689 bits per heavy atom. The van der Waals surface area contributed by atoms with E-state index in [2.05, 4.69) is 173 Å². The average molecular weight is 571 g/mol. The smallest absolute Gasteiger partial charge is 0.361 e. The molecule has 0 saturated heterocycles. The van der Waals surface area contributed by atoms with Crippen molar-refractivity contribution in [3.8, 4) is 55.6 Å². The minimum absolute atomic E-state index is 0.0360. The van der Waals surface area contributed by atoms with Crippen LogP contribution >= 0.6 is 0 Å². The van der Waals surface area contributed by atoms with Crippen LogP contribution in [0.3, 0.4) is 0 Å². The first-order valence-corrected chi connectivity index (χ1v) is 15.6. The SMILES string of the molecule is c1ccc(-c2ccc3c(c2)-c2cccc4c2B2N3c3ccccc3-c3ccccc3N2c2ccc(-c3ccccc3)cc2-4)cc1. The lowest BCUT2D eigenvalue weighted by atomic mass is 9.53. The maximum Gasteiger partial charge on any atom is 0.421 e. The summed E-state index contributed by atoms with van der Waals surface area (Å²) in [7, 11) is 0. The van der Waals surface area contributed by atoms with Gasteiger partial charge in [0.2, 0.25) is 0 Å². The molecule has 3 aliphatic rings. The van der Waals surface area contributed by atoms with Crippen molar-refractivity contribution in [3.63, 3.8) is 0 Å². The normalized spacial score (nSPS) is 13.2. The summed E-state index contributed by atoms with van der Waals surface area (Å²) in [6.07, 6.45) is 0. The van der Waals surface area contributed by atoms with E-state index in [1.54, 1.807) is 0 Å². The van der Waals surface area contributed by atoms with E-state index >= 15 is 0 Å². The molecule has 0 bridgehead atoms. The summed E-state index contributed by atoms with van der Waals surface area (Å²) >= 11 is 0. The van der Waals surface area contributed by atoms with Crippen LogP contribution in [-0.2, 0) is 0 Å². The monoisotopic (exact) mass is 570 g/mol. The molecule has 10 rings (SSSR count). The van der Waals surface area contributed by atoms with Crippen molar-refractivity contribution < 1.29 is 0 Å². The summed E-state index contributed by atoms with van der Waals surface area (Å²) in [6.45, 7) is -0.0360. The number of benzene rings is 7. The Morgan fingerprint density at radius 1 is 0.289 bits per heavy atom. The maximum absolute atomic E-state index is 2.60. The third kappa shape index (κ3) is 3.47. The van der Waals surface area contributed by atoms with Gasteiger partial charge >= 0.3 is 6.98 Å². The van der Waals surface area contributed by atoms with Gasteiger partial charge in [-0.25, -0.2) is 0 Å². The van der Waals surface area contributed by atoms with Crippen LogP contribution in [0, 0.1) is 0 Å². The summed E-state index contributed by atoms with van der Waals surface area (Å²) in [5.74, 6) is 0. The third-order valence-electron chi connectivity index (χ3n) is 9.78. The molecule has 0 atom stereocenters. The molecular formula is C42H27BN2. The van der Waals surface area contributed by atoms with Gasteiger partial charge in [0.05, 0.1) is 0 Å². The van der Waals surface area contributed by atoms with Crippen molar-refractivity contribution in [3.05, 3.63) is 164 Å². The molecule has 7 aromatic carbocycles. The van der Waals surface area contributed by atoms with Crippen LogP contribution in [0.4, 0.5) is 22.7 Å². The van der Waals surface area contributed by atoms with E-state index in [-0.39, 0.29) is 6.98 Å². The lowest BCUT2D eigenvalue weighted by molar-refractivity contribution is 1.29. The highest BCUT2D eigenvalue weighted by Gasteiger charge is 2.49. The summed E-state index contributed by atoms with van der Waals surface area (Å²) in [5.41, 5.74) is 18.9. The third-order valence-corrected chi connectivity index (χ3v) is 9.78. The van der Waals surface area contributed by atoms with Gasteiger partial charge in [0.1, 0.15) is 0 Å². The molecule has 0 aromatic heterocycles. The predicted molar refractivity (Wildman–Crippen MR) is 190 cm³/mol. The van der Waals surface area contributed by atoms with Crippen LogP contribution in [0.5, 0.6) is 0 Å². The molecule has 0 unspecified atom stereocenters. The van der Waals surface area contributed by atoms with Crippen LogP contribution < -0.4 is 15.1 Å². The van der Waals surface area contributed by atoms with E-state index in [1.165, 1.54) is 83.8 Å². The first kappa shape index (κ1) is 24.6. The highest BCUT2D eigenvalue weighted by atomic mass is 15.3. The maximum atomic E-state index is 2.60. The molecule has 45 heavy (non-hydrogen) atoms. The Balaban J connectivity index is 1.33. The molecule has 0 radical (unpaired) electrons. The average Bonchev–Trinajstić information content (AvgIpc) is 3.25. The highest BCUT2D eigenvalue weighted by molar-refractivity contribution is 6.87. The number of para-hydroxylation sites is 2. The number of hydrogen-bond acceptors (Lipinski definition) is 2. The van der Waals surface area contributed by atoms with Crippen molar-refractivity contribution in [2.24, 2.45) is 0 Å². The van der Waals surface area contributed by atoms with E-state index in [1.807, 2.05) is 0 Å². The molecule has 208 valence electrons. The second-order valence-electron chi connectivity index (χ2n) is 12.1. The van der Waals surface area contributed by atoms with Gasteiger partial charge in [-0.2, -0.15) is 0 Å². The van der Waals surface area contributed by atoms with Gasteiger partial charge in [-0.05, 0) is 75.2 Å². The summed E-state index contributed by atoms with van der Waals surface area (Å²) in [4.78, 5) is 5.19. The Labute approximate surface area is 263 Å². The topological polar surface area (TPSA) is 6.48 Å². The highest BCUT2D eigenvalue weighted by Crippen LogP contribution is 2.54. The second-order valence-corrected chi connectivity index (χ2v) is 12.1. The van der Waals surface area contributed by atoms with Gasteiger partial charge in [-0.15, -0.1) is 0 Å². The van der Waals surface area contributed by atoms with Crippen molar-refractivity contribution in [1.82, 2.24) is 0 Å². The standard InChI is InChI=1S/C42H27BN2/c1-3-12-28(13-4-1)30-22-24-40-36(26-30)34-18-11-19-35-37-27-31(29-14-5-2-6-15-29)23-25-41(37)45-39-21-10-8-17-33(39)32-16-7-9-20-38(32)44(40)43(45)42(34)35/h1-27H. The van der Waals surface area contributed by atoms with Gasteiger partial charge in [-0.3, -0.25) is 0 Å². The molecular weight excluding hydrogens is 543 g/mol. The first-order chi connectivity index (χ1) is 22.3. The molecule has 3 heteroatoms. The van der Waals surface area contributed by atoms with Crippen LogP contribution in [-0.4, -0.2) is 6.98 Å². The largest absolute Gasteiger partial charge is 0.421 e. The molecule has 3 heterocycles. The molecule has 2 nitrogen and oxygen atoms in total. The number of nitrogens with zero attached hydrogens (tertiary/aromatic N) is 2. The second kappa shape index (κ2) is 9.35. The first-order valence-electron chi connectivity index (χ1n) is 15.6. The molecule has 7 aromatic rings. The Bertz CT molecular complexity index is 2130. The zero-order valence-electron chi connectivity index (χ0n) is 24.6. The van der Waals surface area contributed by atoms with Gasteiger partial charge in [0.15, 0.2) is 0 Å². The summed E-state index contributed by atoms with van der Waals surface area (Å²) < 4.78 is 0. The van der Waals surface area contributed by atoms with Crippen LogP contribution in [0.25, 0.3) is 55.6 Å². The lowest BCUT2D eigenvalue weighted by Crippen LogP contribution is -2.61. The molecule has 0 saturated carbocycles. The van der Waals surface area contributed by atoms with E-state index in [9.17, 15) is 0 Å². The predicted octanol–water partition coefficient (Wildman–Crippen LogP) is 10.3. The van der Waals surface area contributed by atoms with E-state index in [0.29, 0.717) is 0 Å². The number of hydrogen-bond donors (Lipinski definition) is 0. The Hall–Kier alpha value is -5.80. The molecule has 0 fully saturated rings. The van der Waals surface area contributed by atoms with Crippen LogP contribution in [0.1, 0.15) is 0 Å². The molecule has 0 N–H and O–H groups in total. The number of anilines is 4. The molecule has 0 aliphatic carbocycles. The fourth-order valence-electron chi connectivity index (χ4n) is 7.84. The minimum Gasteiger partial charge on any atom is -0.361 e. The van der Waals surface area contributed by atoms with Crippen LogP contribution in [0.15, 0.2) is 164 Å². The Kier molecular flexibility index (Phi) is 5.12. The zero-order valence-corrected chi connectivity index (χ0v) is 24.6. The van der Waals surface area contributed by atoms with Crippen molar-refractivity contribution >= 4 is 35.2 Å². The number of fused-ring (bicyclic) bond motifs is 11. The van der Waals surface area contributed by atoms with Crippen molar-refractivity contribution in [1.29, 1.82) is 0 Å². The number of rotatable bonds is 2. The van der Waals surface area contributed by atoms with Crippen molar-refractivity contribution in [2.75, 3.05) is 9.62 Å². The summed E-state index contributed by atoms with van der Waals surface area (Å²) in [5, 5.41) is 0. The van der Waals surface area contributed by atoms with E-state index < -0.39 is 0 Å². The summed E-state index contributed by atoms with van der Waals surface area (Å²) in [6, 6.07) is 60.3. The lowest BCUT2D eigenvalue weighted by Gasteiger charge is -2.47. The fraction of sp³-hybridized carbons (Fsp3) is 0. The van der Waals surface area contributed by atoms with E-state index in [4.69, 9.17) is 0 Å². The van der Waals surface area contributed by atoms with Crippen LogP contribution in [0.2, 0.25) is 0 Å². The van der Waals surface area contributed by atoms with Gasteiger partial charge in [0.25, 0.3) is 0 Å². The molecule has 3 aliphatic heterocycles. The van der Waals surface area contributed by atoms with Crippen molar-refractivity contribution in [2.45, 2.75) is 0 Å². The minimum atomic E-state index is -0.0360. The van der Waals surface area contributed by atoms with Gasteiger partial charge < -0.3 is 9.62 Å².